The highest BCUT2D eigenvalue weighted by Gasteiger charge is 2.36. The second-order valence-electron chi connectivity index (χ2n) is 6.95. The molecular formula is C17H26N2O3. The molecule has 122 valence electrons. The fourth-order valence-electron chi connectivity index (χ4n) is 2.25. The largest absolute Gasteiger partial charge is 0.312 e. The Labute approximate surface area is 132 Å². The maximum Gasteiger partial charge on any atom is 0.269 e. The molecule has 0 saturated carbocycles. The number of amides is 1. The molecule has 0 radical (unpaired) electrons. The maximum absolute atomic E-state index is 12.3. The van der Waals surface area contributed by atoms with Crippen LogP contribution in [0.25, 0.3) is 0 Å². The van der Waals surface area contributed by atoms with Gasteiger partial charge in [-0.3, -0.25) is 14.9 Å². The summed E-state index contributed by atoms with van der Waals surface area (Å²) in [6, 6.07) is 6.14. The number of nitro benzene ring substituents is 1. The van der Waals surface area contributed by atoms with Gasteiger partial charge in [0.1, 0.15) is 0 Å². The summed E-state index contributed by atoms with van der Waals surface area (Å²) in [4.78, 5) is 24.1. The van der Waals surface area contributed by atoms with Crippen molar-refractivity contribution in [3.8, 4) is 0 Å². The fourth-order valence-corrected chi connectivity index (χ4v) is 2.25. The third-order valence-corrected chi connectivity index (χ3v) is 3.38. The minimum atomic E-state index is -0.439. The summed E-state index contributed by atoms with van der Waals surface area (Å²) in [7, 11) is 0. The SMILES string of the molecule is CC(C)C.CC1(C)CCCN(c2ccc([N+](=O)[O-])cc2)C1=O. The Morgan fingerprint density at radius 3 is 2.14 bits per heavy atom. The summed E-state index contributed by atoms with van der Waals surface area (Å²) in [6.45, 7) is 11.1. The molecule has 1 aliphatic rings. The zero-order chi connectivity index (χ0) is 16.9. The first-order chi connectivity index (χ1) is 10.1. The molecule has 1 aromatic carbocycles. The van der Waals surface area contributed by atoms with Gasteiger partial charge in [0.15, 0.2) is 0 Å². The Balaban J connectivity index is 0.000000541. The number of benzene rings is 1. The molecule has 1 aromatic rings. The molecule has 1 saturated heterocycles. The Bertz CT molecular complexity index is 518. The minimum absolute atomic E-state index is 0.0440. The zero-order valence-electron chi connectivity index (χ0n) is 14.1. The number of piperidine rings is 1. The monoisotopic (exact) mass is 306 g/mol. The lowest BCUT2D eigenvalue weighted by atomic mass is 9.83. The van der Waals surface area contributed by atoms with E-state index in [2.05, 4.69) is 20.8 Å². The first-order valence-electron chi connectivity index (χ1n) is 7.71. The second kappa shape index (κ2) is 7.38. The molecule has 0 unspecified atom stereocenters. The summed E-state index contributed by atoms with van der Waals surface area (Å²) in [5, 5.41) is 10.6. The minimum Gasteiger partial charge on any atom is -0.312 e. The van der Waals surface area contributed by atoms with Gasteiger partial charge in [-0.1, -0.05) is 34.6 Å². The van der Waals surface area contributed by atoms with Crippen LogP contribution >= 0.6 is 0 Å². The molecule has 0 aromatic heterocycles. The van der Waals surface area contributed by atoms with Crippen molar-refractivity contribution in [1.29, 1.82) is 0 Å². The van der Waals surface area contributed by atoms with Gasteiger partial charge in [0.05, 0.1) is 4.92 Å². The maximum atomic E-state index is 12.3. The number of carbonyl (C=O) groups excluding carboxylic acids is 1. The van der Waals surface area contributed by atoms with Crippen LogP contribution in [0.5, 0.6) is 0 Å². The van der Waals surface area contributed by atoms with Crippen LogP contribution in [0.15, 0.2) is 24.3 Å². The molecule has 22 heavy (non-hydrogen) atoms. The Morgan fingerprint density at radius 1 is 1.18 bits per heavy atom. The molecule has 1 fully saturated rings. The van der Waals surface area contributed by atoms with Gasteiger partial charge >= 0.3 is 0 Å². The molecule has 1 heterocycles. The molecule has 0 bridgehead atoms. The van der Waals surface area contributed by atoms with Crippen molar-refractivity contribution < 1.29 is 9.72 Å². The van der Waals surface area contributed by atoms with Crippen LogP contribution < -0.4 is 4.90 Å². The highest BCUT2D eigenvalue weighted by atomic mass is 16.6. The highest BCUT2D eigenvalue weighted by molar-refractivity contribution is 5.97. The predicted octanol–water partition coefficient (Wildman–Crippen LogP) is 4.41. The van der Waals surface area contributed by atoms with Gasteiger partial charge in [0.25, 0.3) is 5.69 Å². The van der Waals surface area contributed by atoms with E-state index in [1.54, 1.807) is 17.0 Å². The lowest BCUT2D eigenvalue weighted by Gasteiger charge is -2.37. The second-order valence-corrected chi connectivity index (χ2v) is 6.95. The lowest BCUT2D eigenvalue weighted by molar-refractivity contribution is -0.384. The first-order valence-corrected chi connectivity index (χ1v) is 7.71. The van der Waals surface area contributed by atoms with Crippen molar-refractivity contribution in [3.63, 3.8) is 0 Å². The predicted molar refractivity (Wildman–Crippen MR) is 89.0 cm³/mol. The van der Waals surface area contributed by atoms with Gasteiger partial charge in [0, 0.05) is 29.8 Å². The molecule has 5 nitrogen and oxygen atoms in total. The van der Waals surface area contributed by atoms with Crippen LogP contribution in [-0.2, 0) is 4.79 Å². The van der Waals surface area contributed by atoms with E-state index in [0.29, 0.717) is 6.54 Å². The van der Waals surface area contributed by atoms with E-state index >= 15 is 0 Å². The summed E-state index contributed by atoms with van der Waals surface area (Å²) >= 11 is 0. The molecule has 5 heteroatoms. The first kappa shape index (κ1) is 18.1. The van der Waals surface area contributed by atoms with E-state index in [9.17, 15) is 14.9 Å². The molecule has 1 aliphatic heterocycles. The smallest absolute Gasteiger partial charge is 0.269 e. The van der Waals surface area contributed by atoms with Crippen molar-refractivity contribution in [2.45, 2.75) is 47.5 Å². The van der Waals surface area contributed by atoms with Crippen LogP contribution in [0, 0.1) is 21.4 Å². The van der Waals surface area contributed by atoms with E-state index in [4.69, 9.17) is 0 Å². The molecular weight excluding hydrogens is 280 g/mol. The van der Waals surface area contributed by atoms with E-state index in [1.165, 1.54) is 12.1 Å². The third kappa shape index (κ3) is 4.83. The Hall–Kier alpha value is -1.91. The van der Waals surface area contributed by atoms with Crippen molar-refractivity contribution >= 4 is 17.3 Å². The van der Waals surface area contributed by atoms with Crippen molar-refractivity contribution in [2.24, 2.45) is 11.3 Å². The number of hydrogen-bond acceptors (Lipinski definition) is 3. The number of nitrogens with zero attached hydrogens (tertiary/aromatic N) is 2. The average Bonchev–Trinajstić information content (AvgIpc) is 2.41. The molecule has 2 rings (SSSR count). The number of non-ortho nitro benzene ring substituents is 1. The van der Waals surface area contributed by atoms with E-state index in [-0.39, 0.29) is 17.0 Å². The van der Waals surface area contributed by atoms with Crippen molar-refractivity contribution in [1.82, 2.24) is 0 Å². The molecule has 0 spiro atoms. The number of rotatable bonds is 2. The van der Waals surface area contributed by atoms with E-state index < -0.39 is 4.92 Å². The summed E-state index contributed by atoms with van der Waals surface area (Å²) < 4.78 is 0. The van der Waals surface area contributed by atoms with Crippen molar-refractivity contribution in [2.75, 3.05) is 11.4 Å². The molecule has 0 N–H and O–H groups in total. The summed E-state index contributed by atoms with van der Waals surface area (Å²) in [6.07, 6.45) is 1.84. The number of hydrogen-bond donors (Lipinski definition) is 0. The molecule has 1 amide bonds. The number of carbonyl (C=O) groups is 1. The summed E-state index contributed by atoms with van der Waals surface area (Å²) in [5.74, 6) is 0.919. The van der Waals surface area contributed by atoms with Gasteiger partial charge in [-0.2, -0.15) is 0 Å². The van der Waals surface area contributed by atoms with Gasteiger partial charge in [-0.05, 0) is 30.9 Å². The van der Waals surface area contributed by atoms with Crippen LogP contribution in [0.4, 0.5) is 11.4 Å². The van der Waals surface area contributed by atoms with Gasteiger partial charge < -0.3 is 4.90 Å². The van der Waals surface area contributed by atoms with Crippen LogP contribution in [0.3, 0.4) is 0 Å². The van der Waals surface area contributed by atoms with Crippen molar-refractivity contribution in [3.05, 3.63) is 34.4 Å². The molecule has 0 atom stereocenters. The highest BCUT2D eigenvalue weighted by Crippen LogP contribution is 2.33. The number of anilines is 1. The van der Waals surface area contributed by atoms with Gasteiger partial charge in [-0.25, -0.2) is 0 Å². The van der Waals surface area contributed by atoms with Crippen LogP contribution in [0.2, 0.25) is 0 Å². The standard InChI is InChI=1S/C13H16N2O3.C4H10/c1-13(2)8-3-9-14(12(13)16)10-4-6-11(7-5-10)15(17)18;1-4(2)3/h4-7H,3,8-9H2,1-2H3;4H,1-3H3. The Kier molecular flexibility index (Phi) is 6.09. The lowest BCUT2D eigenvalue weighted by Crippen LogP contribution is -2.46. The zero-order valence-corrected chi connectivity index (χ0v) is 14.1. The van der Waals surface area contributed by atoms with E-state index in [0.717, 1.165) is 24.4 Å². The molecule has 0 aliphatic carbocycles. The Morgan fingerprint density at radius 2 is 1.68 bits per heavy atom. The third-order valence-electron chi connectivity index (χ3n) is 3.38. The van der Waals surface area contributed by atoms with E-state index in [1.807, 2.05) is 13.8 Å². The average molecular weight is 306 g/mol. The fraction of sp³-hybridized carbons (Fsp3) is 0.588. The summed E-state index contributed by atoms with van der Waals surface area (Å²) in [5.41, 5.74) is 0.431. The quantitative estimate of drug-likeness (QED) is 0.600. The number of nitro groups is 1. The van der Waals surface area contributed by atoms with Crippen LogP contribution in [-0.4, -0.2) is 17.4 Å². The van der Waals surface area contributed by atoms with Gasteiger partial charge in [0.2, 0.25) is 5.91 Å². The normalized spacial score (nSPS) is 17.0. The van der Waals surface area contributed by atoms with Gasteiger partial charge in [-0.15, -0.1) is 0 Å². The topological polar surface area (TPSA) is 63.4 Å². The van der Waals surface area contributed by atoms with Crippen LogP contribution in [0.1, 0.15) is 47.5 Å².